The largest absolute Gasteiger partial charge is 0.490 e. The fourth-order valence-electron chi connectivity index (χ4n) is 3.08. The van der Waals surface area contributed by atoms with Crippen molar-refractivity contribution >= 4 is 23.5 Å². The molecule has 0 aliphatic heterocycles. The molecular weight excluding hydrogens is 360 g/mol. The summed E-state index contributed by atoms with van der Waals surface area (Å²) in [5.74, 6) is -1.20. The van der Waals surface area contributed by atoms with Crippen molar-refractivity contribution in [1.82, 2.24) is 5.32 Å². The van der Waals surface area contributed by atoms with Crippen LogP contribution in [0.3, 0.4) is 0 Å². The first kappa shape index (κ1) is 19.4. The molecule has 0 radical (unpaired) electrons. The minimum Gasteiger partial charge on any atom is -0.490 e. The lowest BCUT2D eigenvalue weighted by Gasteiger charge is -2.14. The lowest BCUT2D eigenvalue weighted by molar-refractivity contribution is -0.135. The van der Waals surface area contributed by atoms with E-state index in [1.165, 1.54) is 25.0 Å². The van der Waals surface area contributed by atoms with E-state index in [1.807, 2.05) is 6.07 Å². The second-order valence-electron chi connectivity index (χ2n) is 6.66. The molecule has 2 amide bonds. The number of carbonyl (C=O) groups excluding carboxylic acids is 2. The van der Waals surface area contributed by atoms with E-state index >= 15 is 0 Å². The zero-order valence-electron chi connectivity index (χ0n) is 15.3. The Bertz CT molecular complexity index is 857. The molecule has 1 aliphatic rings. The average molecular weight is 382 g/mol. The molecule has 0 aromatic heterocycles. The van der Waals surface area contributed by atoms with Gasteiger partial charge < -0.3 is 20.5 Å². The van der Waals surface area contributed by atoms with Gasteiger partial charge in [0, 0.05) is 16.8 Å². The third kappa shape index (κ3) is 5.33. The number of aliphatic carboxylic acids is 1. The number of ether oxygens (including phenoxy) is 1. The molecule has 7 nitrogen and oxygen atoms in total. The van der Waals surface area contributed by atoms with Crippen molar-refractivity contribution < 1.29 is 24.2 Å². The molecule has 1 saturated carbocycles. The highest BCUT2D eigenvalue weighted by atomic mass is 16.5. The van der Waals surface area contributed by atoms with Crippen LogP contribution in [0.5, 0.6) is 5.75 Å². The maximum atomic E-state index is 12.5. The quantitative estimate of drug-likeness (QED) is 0.683. The Kier molecular flexibility index (Phi) is 6.26. The molecule has 0 saturated heterocycles. The van der Waals surface area contributed by atoms with Gasteiger partial charge in [-0.2, -0.15) is 0 Å². The minimum absolute atomic E-state index is 0.220. The van der Waals surface area contributed by atoms with Gasteiger partial charge in [0.05, 0.1) is 6.10 Å². The van der Waals surface area contributed by atoms with Gasteiger partial charge in [0.2, 0.25) is 0 Å². The number of hydrogen-bond donors (Lipinski definition) is 3. The minimum atomic E-state index is -1.11. The first-order valence-corrected chi connectivity index (χ1v) is 9.19. The van der Waals surface area contributed by atoms with Crippen molar-refractivity contribution in [3.63, 3.8) is 0 Å². The predicted molar refractivity (Wildman–Crippen MR) is 104 cm³/mol. The number of carboxylic acid groups (broad SMARTS) is 1. The molecular formula is C21H22N2O5. The Morgan fingerprint density at radius 1 is 0.964 bits per heavy atom. The Morgan fingerprint density at radius 3 is 2.36 bits per heavy atom. The number of amides is 2. The van der Waals surface area contributed by atoms with E-state index in [9.17, 15) is 14.4 Å². The van der Waals surface area contributed by atoms with Crippen LogP contribution in [0, 0.1) is 0 Å². The molecule has 1 aliphatic carbocycles. The second-order valence-corrected chi connectivity index (χ2v) is 6.66. The summed E-state index contributed by atoms with van der Waals surface area (Å²) in [7, 11) is 0. The molecule has 3 N–H and O–H groups in total. The Labute approximate surface area is 162 Å². The van der Waals surface area contributed by atoms with Gasteiger partial charge in [-0.3, -0.25) is 14.4 Å². The number of benzene rings is 2. The summed E-state index contributed by atoms with van der Waals surface area (Å²) in [6.07, 6.45) is 4.66. The SMILES string of the molecule is O=C(O)CNC(=O)c1ccc(NC(=O)c2cccc(OC3CCCC3)c2)cc1. The first-order chi connectivity index (χ1) is 13.5. The second kappa shape index (κ2) is 9.03. The normalized spacial score (nSPS) is 13.7. The molecule has 3 rings (SSSR count). The van der Waals surface area contributed by atoms with E-state index in [2.05, 4.69) is 10.6 Å². The molecule has 1 fully saturated rings. The summed E-state index contributed by atoms with van der Waals surface area (Å²) in [4.78, 5) is 34.8. The van der Waals surface area contributed by atoms with Gasteiger partial charge >= 0.3 is 5.97 Å². The lowest BCUT2D eigenvalue weighted by Crippen LogP contribution is -2.29. The zero-order chi connectivity index (χ0) is 19.9. The van der Waals surface area contributed by atoms with Gasteiger partial charge in [0.15, 0.2) is 0 Å². The zero-order valence-corrected chi connectivity index (χ0v) is 15.3. The van der Waals surface area contributed by atoms with Crippen LogP contribution < -0.4 is 15.4 Å². The van der Waals surface area contributed by atoms with E-state index in [1.54, 1.807) is 30.3 Å². The van der Waals surface area contributed by atoms with Crippen LogP contribution in [0.25, 0.3) is 0 Å². The van der Waals surface area contributed by atoms with Gasteiger partial charge in [-0.25, -0.2) is 0 Å². The standard InChI is InChI=1S/C21H22N2O5/c24-19(25)13-22-20(26)14-8-10-16(11-9-14)23-21(27)15-4-3-7-18(12-15)28-17-5-1-2-6-17/h3-4,7-12,17H,1-2,5-6,13H2,(H,22,26)(H,23,27)(H,24,25). The Morgan fingerprint density at radius 2 is 1.68 bits per heavy atom. The highest BCUT2D eigenvalue weighted by molar-refractivity contribution is 6.04. The molecule has 0 spiro atoms. The maximum absolute atomic E-state index is 12.5. The van der Waals surface area contributed by atoms with Crippen LogP contribution in [-0.2, 0) is 4.79 Å². The lowest BCUT2D eigenvalue weighted by atomic mass is 10.1. The number of anilines is 1. The van der Waals surface area contributed by atoms with E-state index in [0.29, 0.717) is 22.6 Å². The van der Waals surface area contributed by atoms with Gasteiger partial charge in [-0.15, -0.1) is 0 Å². The molecule has 7 heteroatoms. The summed E-state index contributed by atoms with van der Waals surface area (Å²) >= 11 is 0. The molecule has 0 unspecified atom stereocenters. The molecule has 0 atom stereocenters. The molecule has 0 bridgehead atoms. The van der Waals surface area contributed by atoms with Crippen molar-refractivity contribution in [2.75, 3.05) is 11.9 Å². The molecule has 2 aromatic carbocycles. The monoisotopic (exact) mass is 382 g/mol. The van der Waals surface area contributed by atoms with Crippen LogP contribution in [0.4, 0.5) is 5.69 Å². The highest BCUT2D eigenvalue weighted by Gasteiger charge is 2.17. The fourth-order valence-corrected chi connectivity index (χ4v) is 3.08. The van der Waals surface area contributed by atoms with Crippen LogP contribution >= 0.6 is 0 Å². The van der Waals surface area contributed by atoms with Crippen molar-refractivity contribution in [3.8, 4) is 5.75 Å². The molecule has 2 aromatic rings. The predicted octanol–water partition coefficient (Wildman–Crippen LogP) is 3.07. The number of carbonyl (C=O) groups is 3. The Balaban J connectivity index is 1.59. The summed E-state index contributed by atoms with van der Waals surface area (Å²) in [6, 6.07) is 13.3. The average Bonchev–Trinajstić information content (AvgIpc) is 3.20. The summed E-state index contributed by atoms with van der Waals surface area (Å²) in [5, 5.41) is 13.6. The Hall–Kier alpha value is -3.35. The summed E-state index contributed by atoms with van der Waals surface area (Å²) in [5.41, 5.74) is 1.33. The van der Waals surface area contributed by atoms with E-state index < -0.39 is 18.4 Å². The summed E-state index contributed by atoms with van der Waals surface area (Å²) in [6.45, 7) is -0.448. The molecule has 28 heavy (non-hydrogen) atoms. The topological polar surface area (TPSA) is 105 Å². The smallest absolute Gasteiger partial charge is 0.322 e. The number of nitrogens with one attached hydrogen (secondary N) is 2. The third-order valence-electron chi connectivity index (χ3n) is 4.51. The number of carboxylic acids is 1. The van der Waals surface area contributed by atoms with Crippen LogP contribution in [0.1, 0.15) is 46.4 Å². The van der Waals surface area contributed by atoms with Gasteiger partial charge in [-0.05, 0) is 68.1 Å². The van der Waals surface area contributed by atoms with Crippen LogP contribution in [0.15, 0.2) is 48.5 Å². The van der Waals surface area contributed by atoms with Gasteiger partial charge in [0.1, 0.15) is 12.3 Å². The molecule has 146 valence electrons. The molecule has 0 heterocycles. The van der Waals surface area contributed by atoms with Gasteiger partial charge in [-0.1, -0.05) is 6.07 Å². The van der Waals surface area contributed by atoms with Crippen LogP contribution in [-0.4, -0.2) is 35.5 Å². The van der Waals surface area contributed by atoms with Crippen molar-refractivity contribution in [2.24, 2.45) is 0 Å². The highest BCUT2D eigenvalue weighted by Crippen LogP contribution is 2.25. The van der Waals surface area contributed by atoms with E-state index in [-0.39, 0.29) is 12.0 Å². The fraction of sp³-hybridized carbons (Fsp3) is 0.286. The van der Waals surface area contributed by atoms with E-state index in [0.717, 1.165) is 12.8 Å². The number of hydrogen-bond acceptors (Lipinski definition) is 4. The van der Waals surface area contributed by atoms with Gasteiger partial charge in [0.25, 0.3) is 11.8 Å². The van der Waals surface area contributed by atoms with E-state index in [4.69, 9.17) is 9.84 Å². The van der Waals surface area contributed by atoms with Crippen molar-refractivity contribution in [2.45, 2.75) is 31.8 Å². The van der Waals surface area contributed by atoms with Crippen molar-refractivity contribution in [1.29, 1.82) is 0 Å². The van der Waals surface area contributed by atoms with Crippen LogP contribution in [0.2, 0.25) is 0 Å². The first-order valence-electron chi connectivity index (χ1n) is 9.19. The third-order valence-corrected chi connectivity index (χ3v) is 4.51. The summed E-state index contributed by atoms with van der Waals surface area (Å²) < 4.78 is 5.93. The van der Waals surface area contributed by atoms with Crippen molar-refractivity contribution in [3.05, 3.63) is 59.7 Å². The number of rotatable bonds is 7. The maximum Gasteiger partial charge on any atom is 0.322 e.